The largest absolute Gasteiger partial charge is 0.508 e. The molecule has 0 saturated heterocycles. The minimum absolute atomic E-state index is 0.197. The minimum Gasteiger partial charge on any atom is -0.508 e. The van der Waals surface area contributed by atoms with Gasteiger partial charge < -0.3 is 14.2 Å². The molecule has 2 heterocycles. The van der Waals surface area contributed by atoms with Gasteiger partial charge in [0.05, 0.1) is 0 Å². The zero-order valence-corrected chi connectivity index (χ0v) is 9.61. The van der Waals surface area contributed by atoms with Gasteiger partial charge in [0.2, 0.25) is 5.82 Å². The monoisotopic (exact) mass is 242 g/mol. The Hall–Kier alpha value is -2.63. The molecule has 0 radical (unpaired) electrons. The molecule has 0 bridgehead atoms. The zero-order valence-electron chi connectivity index (χ0n) is 9.61. The van der Waals surface area contributed by atoms with Crippen molar-refractivity contribution in [1.82, 2.24) is 19.7 Å². The van der Waals surface area contributed by atoms with Crippen molar-refractivity contribution < 1.29 is 9.63 Å². The number of aromatic hydroxyl groups is 1. The van der Waals surface area contributed by atoms with Crippen molar-refractivity contribution in [2.24, 2.45) is 7.05 Å². The lowest BCUT2D eigenvalue weighted by atomic mass is 10.2. The molecule has 1 N–H and O–H groups in total. The predicted molar refractivity (Wildman–Crippen MR) is 63.6 cm³/mol. The quantitative estimate of drug-likeness (QED) is 0.742. The third kappa shape index (κ3) is 1.73. The lowest BCUT2D eigenvalue weighted by molar-refractivity contribution is 0.431. The Morgan fingerprint density at radius 1 is 1.22 bits per heavy atom. The van der Waals surface area contributed by atoms with E-state index in [1.807, 2.05) is 17.8 Å². The highest BCUT2D eigenvalue weighted by Crippen LogP contribution is 2.22. The third-order valence-electron chi connectivity index (χ3n) is 2.56. The standard InChI is InChI=1S/C12H10N4O2/c1-16-7-6-13-11(16)10-14-12(18-15-10)8-2-4-9(17)5-3-8/h2-7,17H,1H3. The summed E-state index contributed by atoms with van der Waals surface area (Å²) in [5, 5.41) is 13.1. The van der Waals surface area contributed by atoms with Gasteiger partial charge >= 0.3 is 0 Å². The molecule has 0 aliphatic heterocycles. The number of benzene rings is 1. The lowest BCUT2D eigenvalue weighted by Gasteiger charge is -1.94. The second-order valence-electron chi connectivity index (χ2n) is 3.83. The SMILES string of the molecule is Cn1ccnc1-c1noc(-c2ccc(O)cc2)n1. The summed E-state index contributed by atoms with van der Waals surface area (Å²) in [4.78, 5) is 8.42. The van der Waals surface area contributed by atoms with E-state index in [9.17, 15) is 5.11 Å². The second kappa shape index (κ2) is 3.99. The first-order valence-corrected chi connectivity index (χ1v) is 5.35. The number of hydrogen-bond acceptors (Lipinski definition) is 5. The van der Waals surface area contributed by atoms with Crippen LogP contribution in [-0.4, -0.2) is 24.8 Å². The van der Waals surface area contributed by atoms with Crippen molar-refractivity contribution in [2.45, 2.75) is 0 Å². The Bertz CT molecular complexity index is 669. The summed E-state index contributed by atoms with van der Waals surface area (Å²) in [5.74, 6) is 1.67. The van der Waals surface area contributed by atoms with Gasteiger partial charge in [-0.3, -0.25) is 0 Å². The number of phenols is 1. The van der Waals surface area contributed by atoms with E-state index >= 15 is 0 Å². The number of imidazole rings is 1. The normalized spacial score (nSPS) is 10.7. The van der Waals surface area contributed by atoms with Crippen LogP contribution in [0.1, 0.15) is 0 Å². The van der Waals surface area contributed by atoms with Crippen LogP contribution in [0.4, 0.5) is 0 Å². The fourth-order valence-corrected chi connectivity index (χ4v) is 1.62. The molecule has 0 fully saturated rings. The molecular formula is C12H10N4O2. The van der Waals surface area contributed by atoms with Crippen LogP contribution in [0.25, 0.3) is 23.1 Å². The molecule has 3 rings (SSSR count). The topological polar surface area (TPSA) is 77.0 Å². The maximum Gasteiger partial charge on any atom is 0.258 e. The molecule has 6 nitrogen and oxygen atoms in total. The first kappa shape index (κ1) is 10.5. The summed E-state index contributed by atoms with van der Waals surface area (Å²) in [7, 11) is 1.86. The smallest absolute Gasteiger partial charge is 0.258 e. The Labute approximate surface area is 103 Å². The molecule has 1 aromatic carbocycles. The highest BCUT2D eigenvalue weighted by molar-refractivity contribution is 5.56. The van der Waals surface area contributed by atoms with Gasteiger partial charge in [0.15, 0.2) is 5.82 Å². The Kier molecular flexibility index (Phi) is 2.33. The predicted octanol–water partition coefficient (Wildman–Crippen LogP) is 1.84. The Morgan fingerprint density at radius 3 is 2.67 bits per heavy atom. The number of hydrogen-bond donors (Lipinski definition) is 1. The van der Waals surface area contributed by atoms with Gasteiger partial charge in [-0.25, -0.2) is 4.98 Å². The van der Waals surface area contributed by atoms with Gasteiger partial charge in [-0.2, -0.15) is 4.98 Å². The molecule has 0 aliphatic carbocycles. The summed E-state index contributed by atoms with van der Waals surface area (Å²) in [6, 6.07) is 6.57. The first-order valence-electron chi connectivity index (χ1n) is 5.35. The summed E-state index contributed by atoms with van der Waals surface area (Å²) in [5.41, 5.74) is 0.751. The number of rotatable bonds is 2. The maximum atomic E-state index is 9.22. The summed E-state index contributed by atoms with van der Waals surface area (Å²) in [6.07, 6.45) is 3.48. The van der Waals surface area contributed by atoms with E-state index in [1.54, 1.807) is 30.5 Å². The van der Waals surface area contributed by atoms with E-state index in [2.05, 4.69) is 15.1 Å². The molecule has 18 heavy (non-hydrogen) atoms. The number of nitrogens with zero attached hydrogens (tertiary/aromatic N) is 4. The molecule has 0 saturated carbocycles. The second-order valence-corrected chi connectivity index (χ2v) is 3.83. The molecule has 90 valence electrons. The molecule has 0 atom stereocenters. The van der Waals surface area contributed by atoms with Crippen molar-refractivity contribution in [3.05, 3.63) is 36.7 Å². The van der Waals surface area contributed by atoms with Crippen LogP contribution in [-0.2, 0) is 7.05 Å². The highest BCUT2D eigenvalue weighted by Gasteiger charge is 2.13. The van der Waals surface area contributed by atoms with E-state index < -0.39 is 0 Å². The van der Waals surface area contributed by atoms with Crippen LogP contribution in [0.15, 0.2) is 41.2 Å². The molecule has 3 aromatic rings. The lowest BCUT2D eigenvalue weighted by Crippen LogP contribution is -1.92. The summed E-state index contributed by atoms with van der Waals surface area (Å²) in [6.45, 7) is 0. The van der Waals surface area contributed by atoms with E-state index in [4.69, 9.17) is 4.52 Å². The number of aryl methyl sites for hydroxylation is 1. The van der Waals surface area contributed by atoms with Gasteiger partial charge in [0.25, 0.3) is 5.89 Å². The Morgan fingerprint density at radius 2 is 2.00 bits per heavy atom. The number of aromatic nitrogens is 4. The van der Waals surface area contributed by atoms with E-state index in [-0.39, 0.29) is 5.75 Å². The van der Waals surface area contributed by atoms with Crippen molar-refractivity contribution in [2.75, 3.05) is 0 Å². The van der Waals surface area contributed by atoms with Gasteiger partial charge in [-0.15, -0.1) is 0 Å². The Balaban J connectivity index is 1.99. The average molecular weight is 242 g/mol. The molecule has 0 spiro atoms. The third-order valence-corrected chi connectivity index (χ3v) is 2.56. The van der Waals surface area contributed by atoms with Crippen LogP contribution >= 0.6 is 0 Å². The maximum absolute atomic E-state index is 9.22. The zero-order chi connectivity index (χ0) is 12.5. The highest BCUT2D eigenvalue weighted by atomic mass is 16.5. The van der Waals surface area contributed by atoms with Gasteiger partial charge in [-0.05, 0) is 24.3 Å². The summed E-state index contributed by atoms with van der Waals surface area (Å²) >= 11 is 0. The fourth-order valence-electron chi connectivity index (χ4n) is 1.62. The van der Waals surface area contributed by atoms with Crippen LogP contribution in [0.3, 0.4) is 0 Å². The molecule has 2 aromatic heterocycles. The number of phenolic OH excluding ortho intramolecular Hbond substituents is 1. The van der Waals surface area contributed by atoms with Crippen LogP contribution in [0, 0.1) is 0 Å². The first-order chi connectivity index (χ1) is 8.74. The van der Waals surface area contributed by atoms with Crippen molar-refractivity contribution >= 4 is 0 Å². The van der Waals surface area contributed by atoms with Crippen LogP contribution < -0.4 is 0 Å². The fraction of sp³-hybridized carbons (Fsp3) is 0.0833. The van der Waals surface area contributed by atoms with E-state index in [0.717, 1.165) is 5.56 Å². The molecule has 0 aliphatic rings. The molecular weight excluding hydrogens is 232 g/mol. The van der Waals surface area contributed by atoms with Crippen LogP contribution in [0.2, 0.25) is 0 Å². The van der Waals surface area contributed by atoms with Crippen LogP contribution in [0.5, 0.6) is 5.75 Å². The van der Waals surface area contributed by atoms with Gasteiger partial charge in [0.1, 0.15) is 5.75 Å². The summed E-state index contributed by atoms with van der Waals surface area (Å²) < 4.78 is 6.98. The average Bonchev–Trinajstić information content (AvgIpc) is 2.98. The van der Waals surface area contributed by atoms with E-state index in [1.165, 1.54) is 0 Å². The molecule has 0 amide bonds. The molecule has 6 heteroatoms. The molecule has 0 unspecified atom stereocenters. The van der Waals surface area contributed by atoms with Crippen molar-refractivity contribution in [3.8, 4) is 28.9 Å². The van der Waals surface area contributed by atoms with Crippen molar-refractivity contribution in [3.63, 3.8) is 0 Å². The van der Waals surface area contributed by atoms with Crippen molar-refractivity contribution in [1.29, 1.82) is 0 Å². The minimum atomic E-state index is 0.197. The van der Waals surface area contributed by atoms with E-state index in [0.29, 0.717) is 17.5 Å². The van der Waals surface area contributed by atoms with Gasteiger partial charge in [-0.1, -0.05) is 5.16 Å². The van der Waals surface area contributed by atoms with Gasteiger partial charge in [0, 0.05) is 25.0 Å².